The number of nitrogens with zero attached hydrogens (tertiary/aromatic N) is 1. The molecule has 3 N–H and O–H groups in total. The summed E-state index contributed by atoms with van der Waals surface area (Å²) in [4.78, 5) is 20.7. The number of aromatic nitrogens is 2. The highest BCUT2D eigenvalue weighted by Crippen LogP contribution is 2.43. The highest BCUT2D eigenvalue weighted by molar-refractivity contribution is 6.24. The molecule has 0 atom stereocenters. The first-order chi connectivity index (χ1) is 11.7. The van der Waals surface area contributed by atoms with Crippen molar-refractivity contribution < 1.29 is 4.79 Å². The zero-order valence-corrected chi connectivity index (χ0v) is 12.7. The van der Waals surface area contributed by atoms with Crippen LogP contribution in [0.5, 0.6) is 0 Å². The quantitative estimate of drug-likeness (QED) is 0.459. The van der Waals surface area contributed by atoms with Crippen LogP contribution in [0, 0.1) is 0 Å². The maximum Gasteiger partial charge on any atom is 0.194 e. The van der Waals surface area contributed by atoms with Gasteiger partial charge in [-0.2, -0.15) is 0 Å². The standard InChI is InChI=1S/C20H13N3O/c21-11-8-9-12-15(10-11)19(24)13-4-3-5-14(18(12)13)20-22-16-6-1-2-7-17(16)23-20/h1-10H,21H2,(H,22,23). The molecule has 0 radical (unpaired) electrons. The highest BCUT2D eigenvalue weighted by atomic mass is 16.1. The Balaban J connectivity index is 1.82. The second-order valence-electron chi connectivity index (χ2n) is 5.96. The van der Waals surface area contributed by atoms with Crippen LogP contribution >= 0.6 is 0 Å². The second kappa shape index (κ2) is 4.55. The number of hydrogen-bond donors (Lipinski definition) is 2. The SMILES string of the molecule is Nc1ccc2c(c1)C(=O)c1cccc(-c3nc4ccccc4[nH]3)c1-2. The molecule has 4 heteroatoms. The van der Waals surface area contributed by atoms with Crippen LogP contribution in [0.15, 0.2) is 60.7 Å². The lowest BCUT2D eigenvalue weighted by atomic mass is 9.99. The number of nitrogens with two attached hydrogens (primary N) is 1. The van der Waals surface area contributed by atoms with Gasteiger partial charge in [0.25, 0.3) is 0 Å². The molecule has 0 fully saturated rings. The van der Waals surface area contributed by atoms with Crippen LogP contribution in [0.25, 0.3) is 33.5 Å². The number of rotatable bonds is 1. The number of anilines is 1. The van der Waals surface area contributed by atoms with Crippen molar-refractivity contribution in [2.75, 3.05) is 5.73 Å². The number of para-hydroxylation sites is 2. The van der Waals surface area contributed by atoms with E-state index in [9.17, 15) is 4.79 Å². The van der Waals surface area contributed by atoms with Crippen molar-refractivity contribution in [3.63, 3.8) is 0 Å². The first-order valence-electron chi connectivity index (χ1n) is 7.75. The molecule has 3 aromatic carbocycles. The third-order valence-electron chi connectivity index (χ3n) is 4.51. The molecule has 1 aromatic heterocycles. The summed E-state index contributed by atoms with van der Waals surface area (Å²) >= 11 is 0. The molecule has 0 bridgehead atoms. The van der Waals surface area contributed by atoms with Gasteiger partial charge in [0.1, 0.15) is 5.82 Å². The molecule has 1 heterocycles. The van der Waals surface area contributed by atoms with Crippen molar-refractivity contribution in [3.05, 3.63) is 71.8 Å². The summed E-state index contributed by atoms with van der Waals surface area (Å²) in [6.45, 7) is 0. The summed E-state index contributed by atoms with van der Waals surface area (Å²) in [5, 5.41) is 0. The van der Waals surface area contributed by atoms with Crippen LogP contribution in [0.4, 0.5) is 5.69 Å². The van der Waals surface area contributed by atoms with E-state index in [1.54, 1.807) is 6.07 Å². The van der Waals surface area contributed by atoms with Gasteiger partial charge in [-0.25, -0.2) is 4.98 Å². The molecular formula is C20H13N3O. The van der Waals surface area contributed by atoms with E-state index >= 15 is 0 Å². The van der Waals surface area contributed by atoms with E-state index < -0.39 is 0 Å². The number of nitrogen functional groups attached to an aromatic ring is 1. The summed E-state index contributed by atoms with van der Waals surface area (Å²) in [6, 6.07) is 19.2. The summed E-state index contributed by atoms with van der Waals surface area (Å²) in [6.07, 6.45) is 0. The first kappa shape index (κ1) is 13.1. The minimum absolute atomic E-state index is 0.0188. The van der Waals surface area contributed by atoms with Crippen LogP contribution in [-0.4, -0.2) is 15.8 Å². The number of hydrogen-bond acceptors (Lipinski definition) is 3. The fraction of sp³-hybridized carbons (Fsp3) is 0. The van der Waals surface area contributed by atoms with E-state index in [2.05, 4.69) is 9.97 Å². The maximum absolute atomic E-state index is 12.7. The van der Waals surface area contributed by atoms with E-state index in [0.29, 0.717) is 16.8 Å². The van der Waals surface area contributed by atoms with Crippen molar-refractivity contribution in [1.29, 1.82) is 0 Å². The fourth-order valence-corrected chi connectivity index (χ4v) is 3.42. The summed E-state index contributed by atoms with van der Waals surface area (Å²) in [5.41, 5.74) is 12.5. The Morgan fingerprint density at radius 1 is 0.833 bits per heavy atom. The Kier molecular flexibility index (Phi) is 2.48. The van der Waals surface area contributed by atoms with E-state index in [1.165, 1.54) is 0 Å². The summed E-state index contributed by atoms with van der Waals surface area (Å²) in [5.74, 6) is 0.788. The lowest BCUT2D eigenvalue weighted by molar-refractivity contribution is 0.104. The predicted molar refractivity (Wildman–Crippen MR) is 94.8 cm³/mol. The van der Waals surface area contributed by atoms with Crippen molar-refractivity contribution in [3.8, 4) is 22.5 Å². The zero-order valence-electron chi connectivity index (χ0n) is 12.7. The Morgan fingerprint density at radius 2 is 1.67 bits per heavy atom. The van der Waals surface area contributed by atoms with Crippen molar-refractivity contribution in [1.82, 2.24) is 9.97 Å². The van der Waals surface area contributed by atoms with E-state index in [0.717, 1.165) is 33.5 Å². The molecule has 0 unspecified atom stereocenters. The van der Waals surface area contributed by atoms with Gasteiger partial charge in [-0.15, -0.1) is 0 Å². The fourth-order valence-electron chi connectivity index (χ4n) is 3.42. The molecule has 0 saturated carbocycles. The molecule has 0 aliphatic heterocycles. The molecular weight excluding hydrogens is 298 g/mol. The smallest absolute Gasteiger partial charge is 0.194 e. The molecule has 4 aromatic rings. The molecule has 4 nitrogen and oxygen atoms in total. The van der Waals surface area contributed by atoms with Crippen LogP contribution in [0.2, 0.25) is 0 Å². The number of H-pyrrole nitrogens is 1. The van der Waals surface area contributed by atoms with Gasteiger partial charge in [0.15, 0.2) is 5.78 Å². The number of aromatic amines is 1. The van der Waals surface area contributed by atoms with E-state index in [1.807, 2.05) is 54.6 Å². The largest absolute Gasteiger partial charge is 0.399 e. The predicted octanol–water partition coefficient (Wildman–Crippen LogP) is 4.02. The minimum atomic E-state index is 0.0188. The molecule has 114 valence electrons. The van der Waals surface area contributed by atoms with Crippen LogP contribution in [0.3, 0.4) is 0 Å². The Bertz CT molecular complexity index is 1110. The van der Waals surface area contributed by atoms with Gasteiger partial charge < -0.3 is 10.7 Å². The van der Waals surface area contributed by atoms with Gasteiger partial charge >= 0.3 is 0 Å². The Labute approximate surface area is 138 Å². The monoisotopic (exact) mass is 311 g/mol. The number of carbonyl (C=O) groups excluding carboxylic acids is 1. The topological polar surface area (TPSA) is 71.8 Å². The second-order valence-corrected chi connectivity index (χ2v) is 5.96. The lowest BCUT2D eigenvalue weighted by Gasteiger charge is -2.06. The average molecular weight is 311 g/mol. The van der Waals surface area contributed by atoms with Gasteiger partial charge in [-0.3, -0.25) is 4.79 Å². The summed E-state index contributed by atoms with van der Waals surface area (Å²) in [7, 11) is 0. The van der Waals surface area contributed by atoms with Gasteiger partial charge in [-0.1, -0.05) is 36.4 Å². The Morgan fingerprint density at radius 3 is 2.54 bits per heavy atom. The molecule has 0 amide bonds. The molecule has 1 aliphatic carbocycles. The van der Waals surface area contributed by atoms with Crippen LogP contribution in [0.1, 0.15) is 15.9 Å². The minimum Gasteiger partial charge on any atom is -0.399 e. The van der Waals surface area contributed by atoms with E-state index in [4.69, 9.17) is 5.73 Å². The molecule has 24 heavy (non-hydrogen) atoms. The number of nitrogens with one attached hydrogen (secondary N) is 1. The number of benzene rings is 3. The normalized spacial score (nSPS) is 12.4. The summed E-state index contributed by atoms with van der Waals surface area (Å²) < 4.78 is 0. The number of imidazole rings is 1. The lowest BCUT2D eigenvalue weighted by Crippen LogP contribution is -1.96. The molecule has 0 spiro atoms. The number of fused-ring (bicyclic) bond motifs is 4. The number of carbonyl (C=O) groups is 1. The highest BCUT2D eigenvalue weighted by Gasteiger charge is 2.29. The molecule has 1 aliphatic rings. The average Bonchev–Trinajstić information content (AvgIpc) is 3.15. The van der Waals surface area contributed by atoms with Crippen molar-refractivity contribution in [2.45, 2.75) is 0 Å². The molecule has 5 rings (SSSR count). The maximum atomic E-state index is 12.7. The Hall–Kier alpha value is -3.40. The van der Waals surface area contributed by atoms with Gasteiger partial charge in [0, 0.05) is 27.9 Å². The van der Waals surface area contributed by atoms with Gasteiger partial charge in [0.05, 0.1) is 11.0 Å². The van der Waals surface area contributed by atoms with Crippen molar-refractivity contribution in [2.24, 2.45) is 0 Å². The molecule has 0 saturated heterocycles. The van der Waals surface area contributed by atoms with Gasteiger partial charge in [-0.05, 0) is 29.8 Å². The third-order valence-corrected chi connectivity index (χ3v) is 4.51. The zero-order chi connectivity index (χ0) is 16.3. The first-order valence-corrected chi connectivity index (χ1v) is 7.75. The van der Waals surface area contributed by atoms with Gasteiger partial charge in [0.2, 0.25) is 0 Å². The third kappa shape index (κ3) is 1.68. The van der Waals surface area contributed by atoms with Crippen LogP contribution in [-0.2, 0) is 0 Å². The van der Waals surface area contributed by atoms with E-state index in [-0.39, 0.29) is 5.78 Å². The number of ketones is 1. The van der Waals surface area contributed by atoms with Crippen molar-refractivity contribution >= 4 is 22.5 Å². The van der Waals surface area contributed by atoms with Crippen LogP contribution < -0.4 is 5.73 Å².